The number of aliphatic hydroxyl groups is 1. The molecule has 0 aromatic heterocycles. The molecule has 0 spiro atoms. The minimum absolute atomic E-state index is 0.126. The number of rotatable bonds is 6. The van der Waals surface area contributed by atoms with Crippen molar-refractivity contribution in [2.45, 2.75) is 44.5 Å². The molecule has 1 fully saturated rings. The third kappa shape index (κ3) is 4.52. The molecule has 122 valence electrons. The van der Waals surface area contributed by atoms with E-state index in [0.717, 1.165) is 5.56 Å². The lowest BCUT2D eigenvalue weighted by Crippen LogP contribution is -2.56. The van der Waals surface area contributed by atoms with E-state index in [4.69, 9.17) is 0 Å². The van der Waals surface area contributed by atoms with Gasteiger partial charge in [0.25, 0.3) is 0 Å². The monoisotopic (exact) mass is 308 g/mol. The van der Waals surface area contributed by atoms with Crippen LogP contribution < -0.4 is 10.6 Å². The molecule has 1 heterocycles. The van der Waals surface area contributed by atoms with Crippen LogP contribution >= 0.6 is 0 Å². The molecule has 1 aromatic carbocycles. The number of hydrogen-bond donors (Lipinski definition) is 3. The van der Waals surface area contributed by atoms with E-state index in [1.807, 2.05) is 30.3 Å². The van der Waals surface area contributed by atoms with Gasteiger partial charge in [-0.15, -0.1) is 0 Å². The third-order valence-corrected chi connectivity index (χ3v) is 4.27. The molecular formula is C17H25FN2O2. The molecule has 0 radical (unpaired) electrons. The number of carbonyl (C=O) groups is 1. The van der Waals surface area contributed by atoms with Crippen LogP contribution in [0.2, 0.25) is 0 Å². The maximum atomic E-state index is 14.5. The standard InChI is InChI=1S/C17H25FN2O2/c1-2-16(22)20-14-11-19-10-13(17(14)18)8-9-15(21)12-6-4-3-5-7-12/h3-7,13-15,17,19,21H,2,8-11H2,1H3,(H,20,22)/t13-,14+,15?,17+/m1/s1. The number of piperidine rings is 1. The molecule has 22 heavy (non-hydrogen) atoms. The van der Waals surface area contributed by atoms with Crippen molar-refractivity contribution in [3.8, 4) is 0 Å². The topological polar surface area (TPSA) is 61.4 Å². The van der Waals surface area contributed by atoms with Gasteiger partial charge in [-0.25, -0.2) is 4.39 Å². The Morgan fingerprint density at radius 3 is 2.82 bits per heavy atom. The Hall–Kier alpha value is -1.46. The summed E-state index contributed by atoms with van der Waals surface area (Å²) >= 11 is 0. The zero-order chi connectivity index (χ0) is 15.9. The second-order valence-electron chi connectivity index (χ2n) is 5.89. The second-order valence-corrected chi connectivity index (χ2v) is 5.89. The second kappa shape index (κ2) is 8.25. The predicted octanol–water partition coefficient (Wildman–Crippen LogP) is 1.95. The van der Waals surface area contributed by atoms with Gasteiger partial charge < -0.3 is 15.7 Å². The molecule has 4 nitrogen and oxygen atoms in total. The highest BCUT2D eigenvalue weighted by Gasteiger charge is 2.34. The van der Waals surface area contributed by atoms with E-state index in [0.29, 0.717) is 32.4 Å². The zero-order valence-electron chi connectivity index (χ0n) is 13.0. The van der Waals surface area contributed by atoms with Gasteiger partial charge >= 0.3 is 0 Å². The molecule has 0 bridgehead atoms. The lowest BCUT2D eigenvalue weighted by atomic mass is 9.87. The molecule has 3 N–H and O–H groups in total. The van der Waals surface area contributed by atoms with Gasteiger partial charge in [-0.1, -0.05) is 37.3 Å². The molecule has 5 heteroatoms. The first-order valence-electron chi connectivity index (χ1n) is 7.99. The molecule has 2 rings (SSSR count). The number of aliphatic hydroxyl groups excluding tert-OH is 1. The molecule has 0 saturated carbocycles. The Morgan fingerprint density at radius 1 is 1.41 bits per heavy atom. The Kier molecular flexibility index (Phi) is 6.34. The van der Waals surface area contributed by atoms with Crippen molar-refractivity contribution in [2.75, 3.05) is 13.1 Å². The van der Waals surface area contributed by atoms with Gasteiger partial charge in [0.15, 0.2) is 0 Å². The first-order valence-corrected chi connectivity index (χ1v) is 7.99. The van der Waals surface area contributed by atoms with E-state index in [-0.39, 0.29) is 11.8 Å². The smallest absolute Gasteiger partial charge is 0.220 e. The Bertz CT molecular complexity index is 469. The number of halogens is 1. The molecule has 0 aliphatic carbocycles. The molecule has 1 aromatic rings. The zero-order valence-corrected chi connectivity index (χ0v) is 13.0. The van der Waals surface area contributed by atoms with Crippen LogP contribution in [0, 0.1) is 5.92 Å². The number of nitrogens with one attached hydrogen (secondary N) is 2. The van der Waals surface area contributed by atoms with Crippen LogP contribution in [0.25, 0.3) is 0 Å². The third-order valence-electron chi connectivity index (χ3n) is 4.27. The first kappa shape index (κ1) is 16.9. The maximum absolute atomic E-state index is 14.5. The molecule has 1 amide bonds. The SMILES string of the molecule is CCC(=O)N[C@H]1CNC[C@@H](CCC(O)c2ccccc2)[C@@H]1F. The summed E-state index contributed by atoms with van der Waals surface area (Å²) in [5, 5.41) is 16.1. The highest BCUT2D eigenvalue weighted by atomic mass is 19.1. The van der Waals surface area contributed by atoms with Crippen molar-refractivity contribution in [2.24, 2.45) is 5.92 Å². The van der Waals surface area contributed by atoms with Crippen molar-refractivity contribution < 1.29 is 14.3 Å². The number of amides is 1. The fourth-order valence-corrected chi connectivity index (χ4v) is 2.89. The van der Waals surface area contributed by atoms with Crippen molar-refractivity contribution >= 4 is 5.91 Å². The summed E-state index contributed by atoms with van der Waals surface area (Å²) in [6, 6.07) is 8.95. The van der Waals surface area contributed by atoms with Gasteiger partial charge in [-0.2, -0.15) is 0 Å². The number of benzene rings is 1. The number of alkyl halides is 1. The van der Waals surface area contributed by atoms with Crippen LogP contribution in [0.15, 0.2) is 30.3 Å². The first-order chi connectivity index (χ1) is 10.6. The largest absolute Gasteiger partial charge is 0.388 e. The predicted molar refractivity (Wildman–Crippen MR) is 84.1 cm³/mol. The van der Waals surface area contributed by atoms with Gasteiger partial charge in [0.05, 0.1) is 12.1 Å². The van der Waals surface area contributed by atoms with Crippen LogP contribution in [0.3, 0.4) is 0 Å². The van der Waals surface area contributed by atoms with E-state index >= 15 is 0 Å². The highest BCUT2D eigenvalue weighted by molar-refractivity contribution is 5.75. The molecule has 4 atom stereocenters. The lowest BCUT2D eigenvalue weighted by Gasteiger charge is -2.34. The van der Waals surface area contributed by atoms with Crippen LogP contribution in [0.5, 0.6) is 0 Å². The van der Waals surface area contributed by atoms with Gasteiger partial charge in [0.1, 0.15) is 6.17 Å². The van der Waals surface area contributed by atoms with Crippen LogP contribution in [-0.4, -0.2) is 36.3 Å². The van der Waals surface area contributed by atoms with Gasteiger partial charge in [-0.3, -0.25) is 4.79 Å². The average molecular weight is 308 g/mol. The Balaban J connectivity index is 1.85. The molecule has 1 saturated heterocycles. The van der Waals surface area contributed by atoms with Crippen molar-refractivity contribution in [3.05, 3.63) is 35.9 Å². The van der Waals surface area contributed by atoms with Gasteiger partial charge in [-0.05, 0) is 18.4 Å². The molecular weight excluding hydrogens is 283 g/mol. The van der Waals surface area contributed by atoms with Crippen molar-refractivity contribution in [1.82, 2.24) is 10.6 Å². The van der Waals surface area contributed by atoms with E-state index in [9.17, 15) is 14.3 Å². The molecule has 1 aliphatic heterocycles. The minimum Gasteiger partial charge on any atom is -0.388 e. The summed E-state index contributed by atoms with van der Waals surface area (Å²) in [7, 11) is 0. The van der Waals surface area contributed by atoms with Crippen molar-refractivity contribution in [3.63, 3.8) is 0 Å². The van der Waals surface area contributed by atoms with Crippen LogP contribution in [-0.2, 0) is 4.79 Å². The fraction of sp³-hybridized carbons (Fsp3) is 0.588. The van der Waals surface area contributed by atoms with Crippen molar-refractivity contribution in [1.29, 1.82) is 0 Å². The normalized spacial score (nSPS) is 26.4. The summed E-state index contributed by atoms with van der Waals surface area (Å²) in [4.78, 5) is 11.4. The lowest BCUT2D eigenvalue weighted by molar-refractivity contribution is -0.122. The number of hydrogen-bond acceptors (Lipinski definition) is 3. The Morgan fingerprint density at radius 2 is 2.14 bits per heavy atom. The minimum atomic E-state index is -1.07. The average Bonchev–Trinajstić information content (AvgIpc) is 2.56. The highest BCUT2D eigenvalue weighted by Crippen LogP contribution is 2.26. The summed E-state index contributed by atoms with van der Waals surface area (Å²) in [6.45, 7) is 2.80. The van der Waals surface area contributed by atoms with Crippen LogP contribution in [0.4, 0.5) is 4.39 Å². The van der Waals surface area contributed by atoms with Gasteiger partial charge in [0.2, 0.25) is 5.91 Å². The summed E-state index contributed by atoms with van der Waals surface area (Å²) in [5.41, 5.74) is 0.859. The fourth-order valence-electron chi connectivity index (χ4n) is 2.89. The summed E-state index contributed by atoms with van der Waals surface area (Å²) in [5.74, 6) is -0.311. The number of carbonyl (C=O) groups excluding carboxylic acids is 1. The van der Waals surface area contributed by atoms with E-state index in [1.165, 1.54) is 0 Å². The summed E-state index contributed by atoms with van der Waals surface area (Å²) < 4.78 is 14.5. The van der Waals surface area contributed by atoms with E-state index in [1.54, 1.807) is 6.92 Å². The van der Waals surface area contributed by atoms with Gasteiger partial charge in [0, 0.05) is 25.4 Å². The quantitative estimate of drug-likeness (QED) is 0.753. The van der Waals surface area contributed by atoms with Crippen LogP contribution in [0.1, 0.15) is 37.9 Å². The summed E-state index contributed by atoms with van der Waals surface area (Å²) in [6.07, 6.45) is -0.173. The Labute approximate surface area is 131 Å². The van der Waals surface area contributed by atoms with E-state index in [2.05, 4.69) is 10.6 Å². The maximum Gasteiger partial charge on any atom is 0.220 e. The van der Waals surface area contributed by atoms with E-state index < -0.39 is 18.3 Å². The molecule has 1 unspecified atom stereocenters. The molecule has 1 aliphatic rings.